The predicted molar refractivity (Wildman–Crippen MR) is 155 cm³/mol. The molecule has 4 rings (SSSR count). The van der Waals surface area contributed by atoms with Crippen LogP contribution in [-0.4, -0.2) is 68.5 Å². The summed E-state index contributed by atoms with van der Waals surface area (Å²) >= 11 is 0. The molecule has 9 nitrogen and oxygen atoms in total. The number of halogens is 2. The molecule has 1 aromatic heterocycles. The third kappa shape index (κ3) is 6.51. The van der Waals surface area contributed by atoms with Gasteiger partial charge in [-0.1, -0.05) is 50.2 Å². The van der Waals surface area contributed by atoms with Crippen LogP contribution in [-0.2, 0) is 22.6 Å². The van der Waals surface area contributed by atoms with Gasteiger partial charge >= 0.3 is 0 Å². The first-order valence-electron chi connectivity index (χ1n) is 13.9. The Morgan fingerprint density at radius 2 is 1.77 bits per heavy atom. The zero-order valence-corrected chi connectivity index (χ0v) is 24.5. The lowest BCUT2D eigenvalue weighted by molar-refractivity contribution is -0.148. The molecule has 11 heteroatoms. The number of likely N-dealkylation sites (tertiary alicyclic amines) is 1. The molecule has 0 spiro atoms. The van der Waals surface area contributed by atoms with E-state index in [0.717, 1.165) is 11.1 Å². The van der Waals surface area contributed by atoms with Crippen molar-refractivity contribution in [3.05, 3.63) is 94.8 Å². The molecule has 3 amide bonds. The molecule has 2 aromatic carbocycles. The number of phenols is 1. The van der Waals surface area contributed by atoms with Gasteiger partial charge in [-0.2, -0.15) is 0 Å². The number of rotatable bonds is 9. The molecule has 0 radical (unpaired) electrons. The zero-order chi connectivity index (χ0) is 31.5. The van der Waals surface area contributed by atoms with E-state index in [1.165, 1.54) is 32.0 Å². The Balaban J connectivity index is 1.62. The fourth-order valence-electron chi connectivity index (χ4n) is 5.32. The van der Waals surface area contributed by atoms with Crippen LogP contribution in [0.2, 0.25) is 0 Å². The van der Waals surface area contributed by atoms with Crippen molar-refractivity contribution in [3.8, 4) is 5.75 Å². The fourth-order valence-corrected chi connectivity index (χ4v) is 5.32. The number of carbonyl (C=O) groups excluding carboxylic acids is 3. The number of pyridine rings is 1. The first kappa shape index (κ1) is 31.6. The van der Waals surface area contributed by atoms with Gasteiger partial charge in [0.15, 0.2) is 6.10 Å². The minimum atomic E-state index is -3.45. The van der Waals surface area contributed by atoms with Gasteiger partial charge in [-0.15, -0.1) is 0 Å². The van der Waals surface area contributed by atoms with Crippen LogP contribution in [0.1, 0.15) is 46.5 Å². The van der Waals surface area contributed by atoms with Gasteiger partial charge in [0.2, 0.25) is 5.91 Å². The van der Waals surface area contributed by atoms with E-state index in [1.807, 2.05) is 0 Å². The SMILES string of the molecule is Cc1cnccc1CNC(=O)[C@H]1N(C(=O)[C@@H](O)[C@H](Cc2ccccc2)NC(=O)c2cccc(O)c2C)CC(F)(F)C1(C)C. The van der Waals surface area contributed by atoms with Crippen molar-refractivity contribution in [1.82, 2.24) is 20.5 Å². The molecular weight excluding hydrogens is 558 g/mol. The first-order chi connectivity index (χ1) is 20.2. The second kappa shape index (κ2) is 12.5. The molecular formula is C32H36F2N4O5. The normalized spacial score (nSPS) is 18.5. The number of benzene rings is 2. The Labute approximate surface area is 248 Å². The average Bonchev–Trinajstić information content (AvgIpc) is 3.16. The largest absolute Gasteiger partial charge is 0.508 e. The highest BCUT2D eigenvalue weighted by Gasteiger charge is 2.64. The van der Waals surface area contributed by atoms with Crippen molar-refractivity contribution in [2.75, 3.05) is 6.54 Å². The number of aliphatic hydroxyl groups is 1. The maximum atomic E-state index is 15.3. The van der Waals surface area contributed by atoms with Crippen LogP contribution in [0.4, 0.5) is 8.78 Å². The second-order valence-electron chi connectivity index (χ2n) is 11.5. The van der Waals surface area contributed by atoms with E-state index in [9.17, 15) is 24.6 Å². The van der Waals surface area contributed by atoms with Gasteiger partial charge in [0.1, 0.15) is 11.8 Å². The quantitative estimate of drug-likeness (QED) is 0.301. The van der Waals surface area contributed by atoms with E-state index >= 15 is 8.78 Å². The molecule has 2 heterocycles. The molecule has 0 aliphatic carbocycles. The summed E-state index contributed by atoms with van der Waals surface area (Å²) in [5.74, 6) is -6.14. The molecule has 0 bridgehead atoms. The van der Waals surface area contributed by atoms with Crippen molar-refractivity contribution in [2.45, 2.75) is 64.8 Å². The van der Waals surface area contributed by atoms with Gasteiger partial charge in [0.05, 0.1) is 18.0 Å². The Kier molecular flexibility index (Phi) is 9.15. The van der Waals surface area contributed by atoms with Crippen LogP contribution in [0.5, 0.6) is 5.75 Å². The van der Waals surface area contributed by atoms with E-state index in [-0.39, 0.29) is 24.3 Å². The van der Waals surface area contributed by atoms with E-state index in [0.29, 0.717) is 16.0 Å². The Morgan fingerprint density at radius 1 is 1.07 bits per heavy atom. The number of aliphatic hydroxyl groups excluding tert-OH is 1. The molecule has 4 N–H and O–H groups in total. The lowest BCUT2D eigenvalue weighted by atomic mass is 9.81. The minimum absolute atomic E-state index is 0.0108. The summed E-state index contributed by atoms with van der Waals surface area (Å²) in [5, 5.41) is 26.7. The molecule has 1 saturated heterocycles. The number of nitrogens with one attached hydrogen (secondary N) is 2. The van der Waals surface area contributed by atoms with E-state index in [4.69, 9.17) is 0 Å². The van der Waals surface area contributed by atoms with Gasteiger partial charge in [-0.05, 0) is 55.2 Å². The van der Waals surface area contributed by atoms with Crippen molar-refractivity contribution in [3.63, 3.8) is 0 Å². The number of nitrogens with zero attached hydrogens (tertiary/aromatic N) is 2. The zero-order valence-electron chi connectivity index (χ0n) is 24.5. The smallest absolute Gasteiger partial charge is 0.272 e. The summed E-state index contributed by atoms with van der Waals surface area (Å²) in [4.78, 5) is 45.2. The highest BCUT2D eigenvalue weighted by Crippen LogP contribution is 2.48. The summed E-state index contributed by atoms with van der Waals surface area (Å²) in [7, 11) is 0. The maximum Gasteiger partial charge on any atom is 0.272 e. The van der Waals surface area contributed by atoms with Crippen molar-refractivity contribution in [1.29, 1.82) is 0 Å². The van der Waals surface area contributed by atoms with Crippen molar-refractivity contribution in [2.24, 2.45) is 5.41 Å². The van der Waals surface area contributed by atoms with Gasteiger partial charge < -0.3 is 25.7 Å². The third-order valence-corrected chi connectivity index (χ3v) is 8.23. The Hall–Kier alpha value is -4.38. The van der Waals surface area contributed by atoms with Gasteiger partial charge in [0.25, 0.3) is 17.7 Å². The summed E-state index contributed by atoms with van der Waals surface area (Å²) in [6, 6.07) is 12.0. The summed E-state index contributed by atoms with van der Waals surface area (Å²) in [6.45, 7) is 4.72. The molecule has 1 aliphatic heterocycles. The van der Waals surface area contributed by atoms with Gasteiger partial charge in [-0.25, -0.2) is 8.78 Å². The molecule has 3 atom stereocenters. The number of hydrogen-bond acceptors (Lipinski definition) is 6. The highest BCUT2D eigenvalue weighted by molar-refractivity contribution is 5.97. The topological polar surface area (TPSA) is 132 Å². The van der Waals surface area contributed by atoms with Crippen molar-refractivity contribution >= 4 is 17.7 Å². The van der Waals surface area contributed by atoms with E-state index in [2.05, 4.69) is 15.6 Å². The van der Waals surface area contributed by atoms with Crippen LogP contribution < -0.4 is 10.6 Å². The van der Waals surface area contributed by atoms with Crippen LogP contribution >= 0.6 is 0 Å². The predicted octanol–water partition coefficient (Wildman–Crippen LogP) is 3.29. The van der Waals surface area contributed by atoms with Crippen LogP contribution in [0.3, 0.4) is 0 Å². The number of phenolic OH excluding ortho intramolecular Hbond substituents is 1. The number of aromatic nitrogens is 1. The number of amides is 3. The standard InChI is InChI=1S/C32H36F2N4O5/c1-19-16-35-14-13-22(19)17-36-29(42)27-31(3,4)32(33,34)18-38(27)30(43)26(40)24(15-21-9-6-5-7-10-21)37-28(41)23-11-8-12-25(39)20(23)2/h5-14,16,24,26-27,39-40H,15,17-18H2,1-4H3,(H,36,42)(H,37,41)/t24-,26-,27+/m0/s1. The monoisotopic (exact) mass is 594 g/mol. The number of aryl methyl sites for hydroxylation is 1. The lowest BCUT2D eigenvalue weighted by Gasteiger charge is -2.34. The highest BCUT2D eigenvalue weighted by atomic mass is 19.3. The number of alkyl halides is 2. The fraction of sp³-hybridized carbons (Fsp3) is 0.375. The average molecular weight is 595 g/mol. The second-order valence-corrected chi connectivity index (χ2v) is 11.5. The molecule has 43 heavy (non-hydrogen) atoms. The summed E-state index contributed by atoms with van der Waals surface area (Å²) in [5.41, 5.74) is 0.648. The lowest BCUT2D eigenvalue weighted by Crippen LogP contribution is -2.57. The number of hydrogen-bond donors (Lipinski definition) is 4. The third-order valence-electron chi connectivity index (χ3n) is 8.23. The Morgan fingerprint density at radius 3 is 2.44 bits per heavy atom. The van der Waals surface area contributed by atoms with Crippen LogP contribution in [0, 0.1) is 19.3 Å². The number of carbonyl (C=O) groups is 3. The van der Waals surface area contributed by atoms with Crippen LogP contribution in [0.15, 0.2) is 67.0 Å². The molecule has 1 fully saturated rings. The van der Waals surface area contributed by atoms with Crippen LogP contribution in [0.25, 0.3) is 0 Å². The first-order valence-corrected chi connectivity index (χ1v) is 13.9. The summed E-state index contributed by atoms with van der Waals surface area (Å²) in [6.07, 6.45) is 1.18. The molecule has 3 aromatic rings. The van der Waals surface area contributed by atoms with Gasteiger partial charge in [-0.3, -0.25) is 19.4 Å². The molecule has 0 unspecified atom stereocenters. The Bertz CT molecular complexity index is 1500. The number of aromatic hydroxyl groups is 1. The van der Waals surface area contributed by atoms with E-state index in [1.54, 1.807) is 62.6 Å². The van der Waals surface area contributed by atoms with E-state index < -0.39 is 53.8 Å². The summed E-state index contributed by atoms with van der Waals surface area (Å²) < 4.78 is 30.7. The van der Waals surface area contributed by atoms with Gasteiger partial charge in [0, 0.05) is 30.1 Å². The molecule has 228 valence electrons. The minimum Gasteiger partial charge on any atom is -0.508 e. The van der Waals surface area contributed by atoms with Crippen molar-refractivity contribution < 1.29 is 33.4 Å². The molecule has 0 saturated carbocycles. The molecule has 1 aliphatic rings. The maximum absolute atomic E-state index is 15.3.